The first-order valence-corrected chi connectivity index (χ1v) is 8.10. The SMILES string of the molecule is CN(C(=O)Cc1c[nH]c2ccccc12)C1(C(=O)O)CCCCC1. The van der Waals surface area contributed by atoms with Gasteiger partial charge in [-0.05, 0) is 24.5 Å². The summed E-state index contributed by atoms with van der Waals surface area (Å²) >= 11 is 0. The lowest BCUT2D eigenvalue weighted by Crippen LogP contribution is -2.56. The zero-order valence-corrected chi connectivity index (χ0v) is 13.3. The van der Waals surface area contributed by atoms with E-state index in [9.17, 15) is 14.7 Å². The number of rotatable bonds is 4. The molecule has 3 rings (SSSR count). The minimum Gasteiger partial charge on any atom is -0.479 e. The molecule has 1 aliphatic carbocycles. The number of aromatic nitrogens is 1. The van der Waals surface area contributed by atoms with Crippen molar-refractivity contribution in [2.45, 2.75) is 44.1 Å². The molecule has 5 heteroatoms. The zero-order chi connectivity index (χ0) is 16.4. The second-order valence-corrected chi connectivity index (χ2v) is 6.39. The molecule has 0 radical (unpaired) electrons. The van der Waals surface area contributed by atoms with E-state index in [1.165, 1.54) is 4.90 Å². The van der Waals surface area contributed by atoms with E-state index in [1.54, 1.807) is 7.05 Å². The molecule has 1 heterocycles. The van der Waals surface area contributed by atoms with Crippen molar-refractivity contribution in [3.63, 3.8) is 0 Å². The summed E-state index contributed by atoms with van der Waals surface area (Å²) in [6.45, 7) is 0. The van der Waals surface area contributed by atoms with Crippen LogP contribution in [0.4, 0.5) is 0 Å². The average molecular weight is 314 g/mol. The van der Waals surface area contributed by atoms with Crippen LogP contribution in [0.25, 0.3) is 10.9 Å². The van der Waals surface area contributed by atoms with E-state index >= 15 is 0 Å². The summed E-state index contributed by atoms with van der Waals surface area (Å²) in [4.78, 5) is 29.2. The molecule has 122 valence electrons. The molecule has 0 unspecified atom stereocenters. The summed E-state index contributed by atoms with van der Waals surface area (Å²) in [5.41, 5.74) is 0.860. The summed E-state index contributed by atoms with van der Waals surface area (Å²) in [5.74, 6) is -1.02. The molecule has 2 aromatic rings. The first-order chi connectivity index (χ1) is 11.0. The van der Waals surface area contributed by atoms with Crippen LogP contribution in [0.3, 0.4) is 0 Å². The van der Waals surface area contributed by atoms with Crippen molar-refractivity contribution in [2.24, 2.45) is 0 Å². The Balaban J connectivity index is 1.83. The largest absolute Gasteiger partial charge is 0.479 e. The van der Waals surface area contributed by atoms with Gasteiger partial charge in [-0.25, -0.2) is 4.79 Å². The molecule has 0 atom stereocenters. The highest BCUT2D eigenvalue weighted by Crippen LogP contribution is 2.34. The molecule has 1 fully saturated rings. The number of carbonyl (C=O) groups is 2. The van der Waals surface area contributed by atoms with E-state index in [0.29, 0.717) is 12.8 Å². The first-order valence-electron chi connectivity index (χ1n) is 8.10. The lowest BCUT2D eigenvalue weighted by atomic mass is 9.80. The standard InChI is InChI=1S/C18H22N2O3/c1-20(18(17(22)23)9-5-2-6-10-18)16(21)11-13-12-19-15-8-4-3-7-14(13)15/h3-4,7-8,12,19H,2,5-6,9-11H2,1H3,(H,22,23). The van der Waals surface area contributed by atoms with Crippen LogP contribution in [0.5, 0.6) is 0 Å². The van der Waals surface area contributed by atoms with E-state index < -0.39 is 11.5 Å². The van der Waals surface area contributed by atoms with Crippen molar-refractivity contribution in [1.29, 1.82) is 0 Å². The van der Waals surface area contributed by atoms with E-state index in [2.05, 4.69) is 4.98 Å². The molecule has 1 amide bonds. The fourth-order valence-corrected chi connectivity index (χ4v) is 3.63. The van der Waals surface area contributed by atoms with E-state index in [1.807, 2.05) is 30.5 Å². The highest BCUT2D eigenvalue weighted by Gasteiger charge is 2.45. The van der Waals surface area contributed by atoms with Crippen LogP contribution in [0.2, 0.25) is 0 Å². The Morgan fingerprint density at radius 2 is 1.91 bits per heavy atom. The fourth-order valence-electron chi connectivity index (χ4n) is 3.63. The number of amides is 1. The summed E-state index contributed by atoms with van der Waals surface area (Å²) in [6.07, 6.45) is 5.89. The molecule has 1 aliphatic rings. The maximum atomic E-state index is 12.7. The number of likely N-dealkylation sites (N-methyl/N-ethyl adjacent to an activating group) is 1. The van der Waals surface area contributed by atoms with Crippen molar-refractivity contribution < 1.29 is 14.7 Å². The van der Waals surface area contributed by atoms with Crippen LogP contribution in [0.1, 0.15) is 37.7 Å². The van der Waals surface area contributed by atoms with Gasteiger partial charge in [0.1, 0.15) is 5.54 Å². The second kappa shape index (κ2) is 6.07. The topological polar surface area (TPSA) is 73.4 Å². The van der Waals surface area contributed by atoms with Crippen LogP contribution in [0.15, 0.2) is 30.5 Å². The number of hydrogen-bond donors (Lipinski definition) is 2. The number of fused-ring (bicyclic) bond motifs is 1. The van der Waals surface area contributed by atoms with Crippen LogP contribution in [0, 0.1) is 0 Å². The van der Waals surface area contributed by atoms with Gasteiger partial charge in [-0.2, -0.15) is 0 Å². The van der Waals surface area contributed by atoms with Gasteiger partial charge in [0.05, 0.1) is 6.42 Å². The number of para-hydroxylation sites is 1. The van der Waals surface area contributed by atoms with Crippen molar-refractivity contribution in [1.82, 2.24) is 9.88 Å². The minimum atomic E-state index is -1.04. The highest BCUT2D eigenvalue weighted by atomic mass is 16.4. The number of carboxylic acid groups (broad SMARTS) is 1. The number of hydrogen-bond acceptors (Lipinski definition) is 2. The molecular formula is C18H22N2O3. The Hall–Kier alpha value is -2.30. The normalized spacial score (nSPS) is 17.1. The maximum absolute atomic E-state index is 12.7. The number of benzene rings is 1. The summed E-state index contributed by atoms with van der Waals surface area (Å²) in [6, 6.07) is 7.82. The Labute approximate surface area is 135 Å². The first kappa shape index (κ1) is 15.6. The molecule has 2 N–H and O–H groups in total. The van der Waals surface area contributed by atoms with Gasteiger partial charge in [0.2, 0.25) is 5.91 Å². The Bertz CT molecular complexity index is 729. The third-order valence-electron chi connectivity index (χ3n) is 5.11. The lowest BCUT2D eigenvalue weighted by Gasteiger charge is -2.41. The second-order valence-electron chi connectivity index (χ2n) is 6.39. The highest BCUT2D eigenvalue weighted by molar-refractivity contribution is 5.91. The van der Waals surface area contributed by atoms with Gasteiger partial charge < -0.3 is 15.0 Å². The number of aliphatic carboxylic acids is 1. The van der Waals surface area contributed by atoms with Crippen molar-refractivity contribution in [2.75, 3.05) is 7.05 Å². The molecule has 0 aliphatic heterocycles. The van der Waals surface area contributed by atoms with Gasteiger partial charge in [-0.15, -0.1) is 0 Å². The van der Waals surface area contributed by atoms with E-state index in [0.717, 1.165) is 35.7 Å². The molecular weight excluding hydrogens is 292 g/mol. The minimum absolute atomic E-state index is 0.140. The molecule has 0 saturated heterocycles. The average Bonchev–Trinajstić information content (AvgIpc) is 2.98. The molecule has 0 bridgehead atoms. The lowest BCUT2D eigenvalue weighted by molar-refractivity contribution is -0.160. The van der Waals surface area contributed by atoms with Gasteiger partial charge in [-0.3, -0.25) is 4.79 Å². The molecule has 1 saturated carbocycles. The Morgan fingerprint density at radius 1 is 1.22 bits per heavy atom. The number of aromatic amines is 1. The summed E-state index contributed by atoms with van der Waals surface area (Å²) in [7, 11) is 1.64. The van der Waals surface area contributed by atoms with Crippen LogP contribution >= 0.6 is 0 Å². The fraction of sp³-hybridized carbons (Fsp3) is 0.444. The van der Waals surface area contributed by atoms with Crippen molar-refractivity contribution in [3.05, 3.63) is 36.0 Å². The molecule has 23 heavy (non-hydrogen) atoms. The third kappa shape index (κ3) is 2.71. The number of nitrogens with zero attached hydrogens (tertiary/aromatic N) is 1. The number of nitrogens with one attached hydrogen (secondary N) is 1. The monoisotopic (exact) mass is 314 g/mol. The van der Waals surface area contributed by atoms with Gasteiger partial charge >= 0.3 is 5.97 Å². The molecule has 0 spiro atoms. The summed E-state index contributed by atoms with van der Waals surface area (Å²) < 4.78 is 0. The maximum Gasteiger partial charge on any atom is 0.329 e. The number of carboxylic acids is 1. The van der Waals surface area contributed by atoms with Gasteiger partial charge in [0.15, 0.2) is 0 Å². The smallest absolute Gasteiger partial charge is 0.329 e. The van der Waals surface area contributed by atoms with Gasteiger partial charge in [0, 0.05) is 24.1 Å². The van der Waals surface area contributed by atoms with E-state index in [-0.39, 0.29) is 12.3 Å². The Morgan fingerprint density at radius 3 is 2.61 bits per heavy atom. The van der Waals surface area contributed by atoms with E-state index in [4.69, 9.17) is 0 Å². The Kier molecular flexibility index (Phi) is 4.11. The quantitative estimate of drug-likeness (QED) is 0.911. The predicted molar refractivity (Wildman–Crippen MR) is 88.2 cm³/mol. The number of carbonyl (C=O) groups excluding carboxylic acids is 1. The van der Waals surface area contributed by atoms with Crippen molar-refractivity contribution in [3.8, 4) is 0 Å². The van der Waals surface area contributed by atoms with Gasteiger partial charge in [0.25, 0.3) is 0 Å². The summed E-state index contributed by atoms with van der Waals surface area (Å²) in [5, 5.41) is 10.7. The van der Waals surface area contributed by atoms with Crippen molar-refractivity contribution >= 4 is 22.8 Å². The van der Waals surface area contributed by atoms with Crippen LogP contribution in [-0.4, -0.2) is 39.5 Å². The molecule has 1 aromatic carbocycles. The van der Waals surface area contributed by atoms with Crippen LogP contribution < -0.4 is 0 Å². The number of H-pyrrole nitrogens is 1. The zero-order valence-electron chi connectivity index (χ0n) is 13.3. The molecule has 5 nitrogen and oxygen atoms in total. The predicted octanol–water partition coefficient (Wildman–Crippen LogP) is 2.96. The van der Waals surface area contributed by atoms with Gasteiger partial charge in [-0.1, -0.05) is 37.5 Å². The van der Waals surface area contributed by atoms with Crippen LogP contribution in [-0.2, 0) is 16.0 Å². The third-order valence-corrected chi connectivity index (χ3v) is 5.11. The molecule has 1 aromatic heterocycles.